The normalized spacial score (nSPS) is 10.7. The van der Waals surface area contributed by atoms with Gasteiger partial charge in [-0.2, -0.15) is 5.10 Å². The van der Waals surface area contributed by atoms with E-state index in [1.54, 1.807) is 29.9 Å². The van der Waals surface area contributed by atoms with Crippen molar-refractivity contribution < 1.29 is 19.1 Å². The number of amides is 2. The third kappa shape index (κ3) is 5.02. The minimum atomic E-state index is -0.639. The topological polar surface area (TPSA) is 106 Å². The van der Waals surface area contributed by atoms with Crippen LogP contribution in [0.25, 0.3) is 10.2 Å². The number of benzene rings is 1. The Morgan fingerprint density at radius 3 is 2.42 bits per heavy atom. The first-order valence-corrected chi connectivity index (χ1v) is 10.7. The summed E-state index contributed by atoms with van der Waals surface area (Å²) in [5.74, 6) is -1.70. The number of fused-ring (bicyclic) bond motifs is 1. The average molecular weight is 444 g/mol. The van der Waals surface area contributed by atoms with E-state index in [9.17, 15) is 14.4 Å². The molecule has 0 bridgehead atoms. The van der Waals surface area contributed by atoms with Crippen molar-refractivity contribution in [3.63, 3.8) is 0 Å². The fourth-order valence-corrected chi connectivity index (χ4v) is 4.17. The summed E-state index contributed by atoms with van der Waals surface area (Å²) < 4.78 is 6.74. The third-order valence-corrected chi connectivity index (χ3v) is 5.99. The summed E-state index contributed by atoms with van der Waals surface area (Å²) >= 11 is 1.25. The fourth-order valence-electron chi connectivity index (χ4n) is 3.16. The van der Waals surface area contributed by atoms with Gasteiger partial charge in [0, 0.05) is 36.8 Å². The van der Waals surface area contributed by atoms with Crippen LogP contribution in [0.3, 0.4) is 0 Å². The number of aryl methyl sites for hydroxylation is 2. The van der Waals surface area contributed by atoms with E-state index in [1.807, 2.05) is 19.1 Å². The van der Waals surface area contributed by atoms with Gasteiger partial charge in [-0.3, -0.25) is 25.1 Å². The van der Waals surface area contributed by atoms with Crippen molar-refractivity contribution >= 4 is 45.0 Å². The van der Waals surface area contributed by atoms with Crippen LogP contribution >= 0.6 is 11.3 Å². The zero-order valence-corrected chi connectivity index (χ0v) is 18.7. The van der Waals surface area contributed by atoms with Crippen molar-refractivity contribution in [1.29, 1.82) is 0 Å². The Hall–Kier alpha value is -3.40. The van der Waals surface area contributed by atoms with Gasteiger partial charge in [-0.25, -0.2) is 4.79 Å². The number of carbonyl (C=O) groups excluding carboxylic acids is 3. The second-order valence-corrected chi connectivity index (χ2v) is 7.87. The monoisotopic (exact) mass is 443 g/mol. The first-order valence-electron chi connectivity index (χ1n) is 9.88. The number of hydrogen-bond acceptors (Lipinski definition) is 7. The largest absolute Gasteiger partial charge is 0.451 e. The van der Waals surface area contributed by atoms with Gasteiger partial charge in [0.1, 0.15) is 9.71 Å². The molecule has 3 aromatic rings. The maximum Gasteiger partial charge on any atom is 0.348 e. The van der Waals surface area contributed by atoms with Crippen LogP contribution in [0, 0.1) is 6.92 Å². The van der Waals surface area contributed by atoms with Crippen molar-refractivity contribution in [3.05, 3.63) is 46.5 Å². The highest BCUT2D eigenvalue weighted by Gasteiger charge is 2.17. The molecule has 0 saturated carbocycles. The van der Waals surface area contributed by atoms with Gasteiger partial charge in [-0.15, -0.1) is 11.3 Å². The summed E-state index contributed by atoms with van der Waals surface area (Å²) in [6.07, 6.45) is 0. The van der Waals surface area contributed by atoms with Crippen molar-refractivity contribution in [2.75, 3.05) is 24.6 Å². The molecule has 0 fully saturated rings. The highest BCUT2D eigenvalue weighted by Crippen LogP contribution is 2.28. The van der Waals surface area contributed by atoms with Gasteiger partial charge in [-0.05, 0) is 51.1 Å². The second kappa shape index (κ2) is 9.61. The lowest BCUT2D eigenvalue weighted by Gasteiger charge is -2.21. The average Bonchev–Trinajstić information content (AvgIpc) is 3.33. The van der Waals surface area contributed by atoms with Crippen LogP contribution in [0.4, 0.5) is 5.69 Å². The van der Waals surface area contributed by atoms with E-state index in [1.165, 1.54) is 11.3 Å². The molecule has 9 nitrogen and oxygen atoms in total. The van der Waals surface area contributed by atoms with Gasteiger partial charge >= 0.3 is 5.97 Å². The first kappa shape index (κ1) is 22.3. The highest BCUT2D eigenvalue weighted by molar-refractivity contribution is 7.20. The molecule has 0 aliphatic rings. The molecular weight excluding hydrogens is 418 g/mol. The summed E-state index contributed by atoms with van der Waals surface area (Å²) in [5, 5.41) is 5.16. The molecule has 1 aromatic carbocycles. The molecular formula is C21H25N5O4S. The SMILES string of the molecule is CCN(CC)c1ccc(C(=O)NNC(=O)COC(=O)c2cc3c(C)nn(C)c3s2)cc1. The smallest absolute Gasteiger partial charge is 0.348 e. The predicted molar refractivity (Wildman–Crippen MR) is 119 cm³/mol. The molecule has 0 spiro atoms. The van der Waals surface area contributed by atoms with Crippen molar-refractivity contribution in [2.24, 2.45) is 7.05 Å². The first-order chi connectivity index (χ1) is 14.8. The van der Waals surface area contributed by atoms with E-state index in [0.29, 0.717) is 10.4 Å². The predicted octanol–water partition coefficient (Wildman–Crippen LogP) is 2.41. The van der Waals surface area contributed by atoms with Crippen molar-refractivity contribution in [3.8, 4) is 0 Å². The zero-order chi connectivity index (χ0) is 22.5. The Morgan fingerprint density at radius 1 is 1.13 bits per heavy atom. The van der Waals surface area contributed by atoms with Gasteiger partial charge in [0.25, 0.3) is 11.8 Å². The molecule has 0 aliphatic heterocycles. The Labute approximate surface area is 183 Å². The zero-order valence-electron chi connectivity index (χ0n) is 17.9. The summed E-state index contributed by atoms with van der Waals surface area (Å²) in [4.78, 5) is 39.8. The third-order valence-electron chi connectivity index (χ3n) is 4.81. The number of rotatable bonds is 7. The summed E-state index contributed by atoms with van der Waals surface area (Å²) in [6.45, 7) is 7.21. The van der Waals surface area contributed by atoms with Crippen LogP contribution in [-0.4, -0.2) is 47.3 Å². The number of thiophene rings is 1. The fraction of sp³-hybridized carbons (Fsp3) is 0.333. The second-order valence-electron chi connectivity index (χ2n) is 6.84. The van der Waals surface area contributed by atoms with Gasteiger partial charge in [0.15, 0.2) is 6.61 Å². The van der Waals surface area contributed by atoms with Gasteiger partial charge < -0.3 is 9.64 Å². The number of nitrogens with one attached hydrogen (secondary N) is 2. The van der Waals surface area contributed by atoms with Crippen LogP contribution in [0.1, 0.15) is 39.6 Å². The lowest BCUT2D eigenvalue weighted by Crippen LogP contribution is -2.43. The Morgan fingerprint density at radius 2 is 1.81 bits per heavy atom. The minimum absolute atomic E-state index is 0.385. The quantitative estimate of drug-likeness (QED) is 0.429. The molecule has 31 heavy (non-hydrogen) atoms. The number of hydrazine groups is 1. The lowest BCUT2D eigenvalue weighted by molar-refractivity contribution is -0.125. The molecule has 0 radical (unpaired) electrons. The maximum atomic E-state index is 12.2. The summed E-state index contributed by atoms with van der Waals surface area (Å²) in [7, 11) is 1.80. The minimum Gasteiger partial charge on any atom is -0.451 e. The molecule has 2 N–H and O–H groups in total. The van der Waals surface area contributed by atoms with Gasteiger partial charge in [-0.1, -0.05) is 0 Å². The Kier molecular flexibility index (Phi) is 6.91. The van der Waals surface area contributed by atoms with Crippen LogP contribution in [-0.2, 0) is 16.6 Å². The van der Waals surface area contributed by atoms with E-state index < -0.39 is 24.4 Å². The summed E-state index contributed by atoms with van der Waals surface area (Å²) in [6, 6.07) is 8.79. The van der Waals surface area contributed by atoms with Crippen molar-refractivity contribution in [2.45, 2.75) is 20.8 Å². The highest BCUT2D eigenvalue weighted by atomic mass is 32.1. The molecule has 0 aliphatic carbocycles. The van der Waals surface area contributed by atoms with Crippen LogP contribution in [0.5, 0.6) is 0 Å². The van der Waals surface area contributed by atoms with E-state index in [2.05, 4.69) is 34.7 Å². The van der Waals surface area contributed by atoms with E-state index in [0.717, 1.165) is 34.7 Å². The number of esters is 1. The number of aromatic nitrogens is 2. The number of nitrogens with zero attached hydrogens (tertiary/aromatic N) is 3. The molecule has 2 aromatic heterocycles. The molecule has 2 heterocycles. The number of hydrogen-bond donors (Lipinski definition) is 2. The molecule has 2 amide bonds. The molecule has 3 rings (SSSR count). The van der Waals surface area contributed by atoms with Gasteiger partial charge in [0.05, 0.1) is 5.69 Å². The van der Waals surface area contributed by atoms with E-state index in [-0.39, 0.29) is 0 Å². The maximum absolute atomic E-state index is 12.2. The number of carbonyl (C=O) groups is 3. The van der Waals surface area contributed by atoms with E-state index >= 15 is 0 Å². The standard InChI is InChI=1S/C21H25N5O4S/c1-5-26(6-2)15-9-7-14(8-10-15)19(28)23-22-18(27)12-30-21(29)17-11-16-13(3)24-25(4)20(16)31-17/h7-11H,5-6,12H2,1-4H3,(H,22,27)(H,23,28). The molecule has 0 saturated heterocycles. The Balaban J connectivity index is 1.48. The molecule has 10 heteroatoms. The number of anilines is 1. The molecule has 0 atom stereocenters. The van der Waals surface area contributed by atoms with Gasteiger partial charge in [0.2, 0.25) is 0 Å². The Bertz CT molecular complexity index is 1060. The molecule has 0 unspecified atom stereocenters. The number of ether oxygens (including phenoxy) is 1. The lowest BCUT2D eigenvalue weighted by atomic mass is 10.2. The van der Waals surface area contributed by atoms with Crippen LogP contribution in [0.2, 0.25) is 0 Å². The van der Waals surface area contributed by atoms with Crippen molar-refractivity contribution in [1.82, 2.24) is 20.6 Å². The van der Waals surface area contributed by atoms with Crippen LogP contribution < -0.4 is 15.8 Å². The van der Waals surface area contributed by atoms with Crippen LogP contribution in [0.15, 0.2) is 30.3 Å². The summed E-state index contributed by atoms with van der Waals surface area (Å²) in [5.41, 5.74) is 6.81. The molecule has 164 valence electrons. The van der Waals surface area contributed by atoms with E-state index in [4.69, 9.17) is 4.74 Å².